The Balaban J connectivity index is 2.02. The molecule has 0 spiro atoms. The van der Waals surface area contributed by atoms with E-state index in [1.165, 1.54) is 19.3 Å². The molecule has 1 saturated heterocycles. The minimum Gasteiger partial charge on any atom is -0.357 e. The summed E-state index contributed by atoms with van der Waals surface area (Å²) in [6, 6.07) is 0. The van der Waals surface area contributed by atoms with Gasteiger partial charge in [-0.1, -0.05) is 6.92 Å². The van der Waals surface area contributed by atoms with Crippen LogP contribution >= 0.6 is 11.8 Å². The van der Waals surface area contributed by atoms with E-state index in [-0.39, 0.29) is 0 Å². The molecule has 1 unspecified atom stereocenters. The van der Waals surface area contributed by atoms with Crippen LogP contribution in [0.3, 0.4) is 0 Å². The van der Waals surface area contributed by atoms with Crippen LogP contribution in [0.2, 0.25) is 0 Å². The second-order valence-corrected chi connectivity index (χ2v) is 6.62. The predicted molar refractivity (Wildman–Crippen MR) is 91.5 cm³/mol. The smallest absolute Gasteiger partial charge is 0.231 e. The van der Waals surface area contributed by atoms with E-state index >= 15 is 0 Å². The van der Waals surface area contributed by atoms with E-state index in [9.17, 15) is 0 Å². The third-order valence-corrected chi connectivity index (χ3v) is 4.76. The Morgan fingerprint density at radius 1 is 1.14 bits per heavy atom. The van der Waals surface area contributed by atoms with Crippen molar-refractivity contribution in [3.63, 3.8) is 0 Å². The molecular formula is C14H26N6S. The lowest BCUT2D eigenvalue weighted by molar-refractivity contribution is 0.568. The molecule has 2 N–H and O–H groups in total. The number of aromatic nitrogens is 3. The first kappa shape index (κ1) is 16.1. The zero-order chi connectivity index (χ0) is 15.1. The van der Waals surface area contributed by atoms with Gasteiger partial charge in [0.1, 0.15) is 0 Å². The summed E-state index contributed by atoms with van der Waals surface area (Å²) in [6.07, 6.45) is 6.98. The molecule has 7 heteroatoms. The summed E-state index contributed by atoms with van der Waals surface area (Å²) in [6.45, 7) is 5.19. The summed E-state index contributed by atoms with van der Waals surface area (Å²) in [4.78, 5) is 15.7. The maximum Gasteiger partial charge on any atom is 0.231 e. The van der Waals surface area contributed by atoms with Gasteiger partial charge in [0.05, 0.1) is 0 Å². The third kappa shape index (κ3) is 4.91. The molecule has 0 radical (unpaired) electrons. The van der Waals surface area contributed by atoms with Gasteiger partial charge in [-0.25, -0.2) is 0 Å². The number of thioether (sulfide) groups is 1. The summed E-state index contributed by atoms with van der Waals surface area (Å²) in [7, 11) is 1.84. The van der Waals surface area contributed by atoms with Gasteiger partial charge in [0, 0.05) is 31.9 Å². The zero-order valence-corrected chi connectivity index (χ0v) is 14.0. The Kier molecular flexibility index (Phi) is 6.35. The Labute approximate surface area is 131 Å². The van der Waals surface area contributed by atoms with Gasteiger partial charge < -0.3 is 15.5 Å². The molecule has 21 heavy (non-hydrogen) atoms. The first-order valence-electron chi connectivity index (χ1n) is 7.68. The molecule has 0 aromatic carbocycles. The Bertz CT molecular complexity index is 435. The lowest BCUT2D eigenvalue weighted by Gasteiger charge is -2.27. The summed E-state index contributed by atoms with van der Waals surface area (Å²) in [5, 5.41) is 6.99. The molecular weight excluding hydrogens is 284 g/mol. The van der Waals surface area contributed by atoms with Crippen LogP contribution in [0.1, 0.15) is 32.6 Å². The van der Waals surface area contributed by atoms with E-state index in [1.54, 1.807) is 0 Å². The largest absolute Gasteiger partial charge is 0.357 e. The lowest BCUT2D eigenvalue weighted by Crippen LogP contribution is -2.31. The summed E-state index contributed by atoms with van der Waals surface area (Å²) >= 11 is 1.88. The van der Waals surface area contributed by atoms with Crippen molar-refractivity contribution in [3.05, 3.63) is 0 Å². The predicted octanol–water partition coefficient (Wildman–Crippen LogP) is 2.46. The number of nitrogens with one attached hydrogen (secondary N) is 2. The van der Waals surface area contributed by atoms with Crippen molar-refractivity contribution in [2.45, 2.75) is 37.9 Å². The van der Waals surface area contributed by atoms with Gasteiger partial charge in [0.2, 0.25) is 17.8 Å². The van der Waals surface area contributed by atoms with E-state index in [4.69, 9.17) is 0 Å². The Morgan fingerprint density at radius 2 is 1.86 bits per heavy atom. The van der Waals surface area contributed by atoms with Gasteiger partial charge in [-0.15, -0.1) is 0 Å². The van der Waals surface area contributed by atoms with Gasteiger partial charge in [-0.05, 0) is 31.9 Å². The second kappa shape index (κ2) is 8.26. The van der Waals surface area contributed by atoms with Crippen molar-refractivity contribution in [2.24, 2.45) is 0 Å². The molecule has 118 valence electrons. The first-order chi connectivity index (χ1) is 10.2. The first-order valence-corrected chi connectivity index (χ1v) is 8.97. The number of piperidine rings is 1. The molecule has 2 rings (SSSR count). The minimum atomic E-state index is 0.631. The molecule has 1 fully saturated rings. The fourth-order valence-corrected chi connectivity index (χ4v) is 2.65. The van der Waals surface area contributed by atoms with Crippen LogP contribution in [-0.4, -0.2) is 53.1 Å². The quantitative estimate of drug-likeness (QED) is 0.802. The molecule has 0 amide bonds. The summed E-state index contributed by atoms with van der Waals surface area (Å²) in [5.74, 6) is 2.09. The van der Waals surface area contributed by atoms with Crippen molar-refractivity contribution in [1.82, 2.24) is 15.0 Å². The second-order valence-electron chi connectivity index (χ2n) is 5.34. The van der Waals surface area contributed by atoms with E-state index in [2.05, 4.69) is 43.7 Å². The van der Waals surface area contributed by atoms with Crippen molar-refractivity contribution in [1.29, 1.82) is 0 Å². The third-order valence-electron chi connectivity index (χ3n) is 3.72. The topological polar surface area (TPSA) is 66.0 Å². The molecule has 1 aromatic rings. The van der Waals surface area contributed by atoms with Crippen LogP contribution in [0, 0.1) is 0 Å². The number of rotatable bonds is 7. The van der Waals surface area contributed by atoms with E-state index < -0.39 is 0 Å². The maximum atomic E-state index is 4.57. The van der Waals surface area contributed by atoms with E-state index in [0.29, 0.717) is 17.1 Å². The number of hydrogen-bond donors (Lipinski definition) is 2. The van der Waals surface area contributed by atoms with E-state index in [0.717, 1.165) is 32.0 Å². The fraction of sp³-hybridized carbons (Fsp3) is 0.786. The SMILES string of the molecule is CNc1nc(NCCC(C)SC)nc(N2CCCCC2)n1. The van der Waals surface area contributed by atoms with Gasteiger partial charge in [-0.2, -0.15) is 26.7 Å². The van der Waals surface area contributed by atoms with Crippen molar-refractivity contribution >= 4 is 29.6 Å². The number of anilines is 3. The Morgan fingerprint density at radius 3 is 2.52 bits per heavy atom. The van der Waals surface area contributed by atoms with Crippen molar-refractivity contribution < 1.29 is 0 Å². The molecule has 1 atom stereocenters. The van der Waals surface area contributed by atoms with Crippen LogP contribution in [0.15, 0.2) is 0 Å². The average Bonchev–Trinajstić information content (AvgIpc) is 2.55. The highest BCUT2D eigenvalue weighted by molar-refractivity contribution is 7.99. The molecule has 1 aromatic heterocycles. The van der Waals surface area contributed by atoms with E-state index in [1.807, 2.05) is 18.8 Å². The van der Waals surface area contributed by atoms with Crippen molar-refractivity contribution in [2.75, 3.05) is 48.5 Å². The molecule has 0 aliphatic carbocycles. The standard InChI is InChI=1S/C14H26N6S/c1-11(21-3)7-8-16-13-17-12(15-2)18-14(19-13)20-9-5-4-6-10-20/h11H,4-10H2,1-3H3,(H2,15,16,17,18,19). The molecule has 0 bridgehead atoms. The monoisotopic (exact) mass is 310 g/mol. The van der Waals surface area contributed by atoms with Gasteiger partial charge in [0.15, 0.2) is 0 Å². The normalized spacial score (nSPS) is 16.6. The maximum absolute atomic E-state index is 4.57. The molecule has 1 aliphatic heterocycles. The highest BCUT2D eigenvalue weighted by atomic mass is 32.2. The Hall–Kier alpha value is -1.24. The molecule has 1 aliphatic rings. The molecule has 0 saturated carbocycles. The average molecular weight is 310 g/mol. The fourth-order valence-electron chi connectivity index (χ4n) is 2.30. The molecule has 2 heterocycles. The van der Waals surface area contributed by atoms with Gasteiger partial charge in [0.25, 0.3) is 0 Å². The summed E-state index contributed by atoms with van der Waals surface area (Å²) in [5.41, 5.74) is 0. The minimum absolute atomic E-state index is 0.631. The molecule has 6 nitrogen and oxygen atoms in total. The highest BCUT2D eigenvalue weighted by Gasteiger charge is 2.15. The number of nitrogens with zero attached hydrogens (tertiary/aromatic N) is 4. The van der Waals surface area contributed by atoms with Crippen LogP contribution in [0.25, 0.3) is 0 Å². The number of hydrogen-bond acceptors (Lipinski definition) is 7. The van der Waals surface area contributed by atoms with Crippen molar-refractivity contribution in [3.8, 4) is 0 Å². The zero-order valence-electron chi connectivity index (χ0n) is 13.2. The highest BCUT2D eigenvalue weighted by Crippen LogP contribution is 2.18. The van der Waals surface area contributed by atoms with Crippen LogP contribution in [0.5, 0.6) is 0 Å². The lowest BCUT2D eigenvalue weighted by atomic mass is 10.1. The van der Waals surface area contributed by atoms with Gasteiger partial charge >= 0.3 is 0 Å². The van der Waals surface area contributed by atoms with Crippen LogP contribution in [-0.2, 0) is 0 Å². The van der Waals surface area contributed by atoms with Gasteiger partial charge in [-0.3, -0.25) is 0 Å². The van der Waals surface area contributed by atoms with Crippen LogP contribution < -0.4 is 15.5 Å². The summed E-state index contributed by atoms with van der Waals surface area (Å²) < 4.78 is 0. The van der Waals surface area contributed by atoms with Crippen LogP contribution in [0.4, 0.5) is 17.8 Å².